The van der Waals surface area contributed by atoms with Crippen molar-refractivity contribution in [3.05, 3.63) is 16.7 Å². The fourth-order valence-corrected chi connectivity index (χ4v) is 4.31. The first kappa shape index (κ1) is 36.7. The number of hydrogen-bond acceptors (Lipinski definition) is 13. The number of fused-ring (bicyclic) bond motifs is 1. The van der Waals surface area contributed by atoms with E-state index < -0.39 is 116 Å². The van der Waals surface area contributed by atoms with Gasteiger partial charge in [0.2, 0.25) is 11.9 Å². The summed E-state index contributed by atoms with van der Waals surface area (Å²) in [5, 5.41) is 42.8. The van der Waals surface area contributed by atoms with Crippen LogP contribution >= 0.6 is 0 Å². The normalized spacial score (nSPS) is 18.4. The van der Waals surface area contributed by atoms with E-state index in [4.69, 9.17) is 24.4 Å². The zero-order valence-corrected chi connectivity index (χ0v) is 25.4. The van der Waals surface area contributed by atoms with E-state index in [-0.39, 0.29) is 23.5 Å². The number of carbonyl (C=O) groups excluding carboxylic acids is 3. The number of H-pyrrole nitrogens is 1. The lowest BCUT2D eigenvalue weighted by Crippen LogP contribution is -2.45. The van der Waals surface area contributed by atoms with Gasteiger partial charge in [-0.3, -0.25) is 34.0 Å². The zero-order valence-electron chi connectivity index (χ0n) is 25.4. The van der Waals surface area contributed by atoms with Gasteiger partial charge < -0.3 is 45.3 Å². The quantitative estimate of drug-likeness (QED) is 0.110. The van der Waals surface area contributed by atoms with E-state index in [1.807, 2.05) is 10.6 Å². The molecule has 1 saturated heterocycles. The number of alkyl carbamates (subject to hydrolysis) is 2. The average Bonchev–Trinajstić information content (AvgIpc) is 3.59. The fraction of sp³-hybridized carbons (Fsp3) is 0.538. The Hall–Kier alpha value is -5.80. The second-order valence-corrected chi connectivity index (χ2v) is 10.7. The summed E-state index contributed by atoms with van der Waals surface area (Å²) in [6.07, 6.45) is -7.41. The SMILES string of the molecule is CC(C)C(=O)Nc1nc2c(ncn2[C@H]2C[C@H](OC(=O)NC(CCC(=O)O)C(=O)O)[C@@H](COC(=O)NC(CCC(=O)O)C(=O)O)O2)c(=O)[nH]1. The molecule has 48 heavy (non-hydrogen) atoms. The van der Waals surface area contributed by atoms with Gasteiger partial charge in [-0.25, -0.2) is 24.2 Å². The van der Waals surface area contributed by atoms with Crippen LogP contribution in [0.4, 0.5) is 15.5 Å². The lowest BCUT2D eigenvalue weighted by atomic mass is 10.1. The van der Waals surface area contributed by atoms with Crippen molar-refractivity contribution in [1.29, 1.82) is 0 Å². The third-order valence-electron chi connectivity index (χ3n) is 6.80. The van der Waals surface area contributed by atoms with Gasteiger partial charge in [0, 0.05) is 25.2 Å². The Kier molecular flexibility index (Phi) is 12.3. The summed E-state index contributed by atoms with van der Waals surface area (Å²) in [7, 11) is 0. The summed E-state index contributed by atoms with van der Waals surface area (Å²) in [5.41, 5.74) is -0.927. The molecular formula is C26H33N7O15. The van der Waals surface area contributed by atoms with E-state index in [1.165, 1.54) is 10.9 Å². The molecule has 0 aliphatic carbocycles. The first-order chi connectivity index (χ1) is 22.5. The molecule has 0 spiro atoms. The highest BCUT2D eigenvalue weighted by Gasteiger charge is 2.41. The molecule has 1 aliphatic heterocycles. The minimum absolute atomic E-state index is 0.0624. The van der Waals surface area contributed by atoms with Crippen LogP contribution in [0, 0.1) is 5.92 Å². The van der Waals surface area contributed by atoms with Gasteiger partial charge in [-0.2, -0.15) is 4.98 Å². The Morgan fingerprint density at radius 3 is 2.10 bits per heavy atom. The number of imidazole rings is 1. The number of carboxylic acids is 4. The van der Waals surface area contributed by atoms with E-state index in [0.29, 0.717) is 0 Å². The Balaban J connectivity index is 1.83. The van der Waals surface area contributed by atoms with Crippen LogP contribution < -0.4 is 21.5 Å². The van der Waals surface area contributed by atoms with Crippen molar-refractivity contribution in [1.82, 2.24) is 30.2 Å². The number of carbonyl (C=O) groups is 7. The van der Waals surface area contributed by atoms with Gasteiger partial charge in [-0.1, -0.05) is 13.8 Å². The minimum Gasteiger partial charge on any atom is -0.481 e. The van der Waals surface area contributed by atoms with Crippen molar-refractivity contribution in [3.63, 3.8) is 0 Å². The Bertz CT molecular complexity index is 1620. The number of amides is 3. The highest BCUT2D eigenvalue weighted by Crippen LogP contribution is 2.33. The van der Waals surface area contributed by atoms with Crippen LogP contribution in [0.5, 0.6) is 0 Å². The van der Waals surface area contributed by atoms with Gasteiger partial charge in [-0.05, 0) is 12.8 Å². The van der Waals surface area contributed by atoms with E-state index in [0.717, 1.165) is 0 Å². The van der Waals surface area contributed by atoms with Gasteiger partial charge >= 0.3 is 36.1 Å². The fourth-order valence-electron chi connectivity index (χ4n) is 4.31. The second-order valence-electron chi connectivity index (χ2n) is 10.7. The molecule has 8 N–H and O–H groups in total. The van der Waals surface area contributed by atoms with Gasteiger partial charge in [0.1, 0.15) is 37.1 Å². The van der Waals surface area contributed by atoms with E-state index >= 15 is 0 Å². The zero-order chi connectivity index (χ0) is 35.7. The molecule has 22 heteroatoms. The van der Waals surface area contributed by atoms with Crippen LogP contribution in [0.1, 0.15) is 52.2 Å². The van der Waals surface area contributed by atoms with Crippen molar-refractivity contribution in [2.45, 2.75) is 76.5 Å². The molecule has 2 aromatic rings. The number of carboxylic acid groups (broad SMARTS) is 4. The average molecular weight is 684 g/mol. The molecule has 3 amide bonds. The lowest BCUT2D eigenvalue weighted by Gasteiger charge is -2.21. The largest absolute Gasteiger partial charge is 0.481 e. The van der Waals surface area contributed by atoms with Crippen LogP contribution in [0.25, 0.3) is 11.2 Å². The van der Waals surface area contributed by atoms with Crippen LogP contribution in [0.15, 0.2) is 11.1 Å². The number of aromatic amines is 1. The van der Waals surface area contributed by atoms with Gasteiger partial charge in [0.15, 0.2) is 11.2 Å². The summed E-state index contributed by atoms with van der Waals surface area (Å²) in [5.74, 6) is -6.78. The number of anilines is 1. The van der Waals surface area contributed by atoms with Gasteiger partial charge in [0.05, 0.1) is 6.33 Å². The summed E-state index contributed by atoms with van der Waals surface area (Å²) in [6.45, 7) is 2.55. The number of aliphatic carboxylic acids is 4. The summed E-state index contributed by atoms with van der Waals surface area (Å²) < 4.78 is 17.6. The van der Waals surface area contributed by atoms with Gasteiger partial charge in [-0.15, -0.1) is 0 Å². The second kappa shape index (κ2) is 16.2. The molecule has 22 nitrogen and oxygen atoms in total. The van der Waals surface area contributed by atoms with E-state index in [2.05, 4.69) is 20.3 Å². The van der Waals surface area contributed by atoms with Crippen molar-refractivity contribution in [2.75, 3.05) is 11.9 Å². The summed E-state index contributed by atoms with van der Waals surface area (Å²) in [6, 6.07) is -3.26. The minimum atomic E-state index is -1.64. The highest BCUT2D eigenvalue weighted by molar-refractivity contribution is 5.91. The van der Waals surface area contributed by atoms with Crippen LogP contribution in [0.3, 0.4) is 0 Å². The predicted octanol–water partition coefficient (Wildman–Crippen LogP) is -0.541. The molecule has 0 aromatic carbocycles. The molecule has 3 heterocycles. The first-order valence-electron chi connectivity index (χ1n) is 14.3. The van der Waals surface area contributed by atoms with Crippen molar-refractivity contribution < 1.29 is 68.2 Å². The molecule has 0 bridgehead atoms. The van der Waals surface area contributed by atoms with Crippen LogP contribution in [0.2, 0.25) is 0 Å². The maximum Gasteiger partial charge on any atom is 0.408 e. The standard InChI is InChI=1S/C26H33N7O15/c1-10(2)20(38)31-24-30-19-18(21(39)32-24)27-9-33(19)15-7-13(48-26(45)29-12(23(42)43)4-6-17(36)37)14(47-15)8-46-25(44)28-11(22(40)41)3-5-16(34)35/h9-15H,3-8H2,1-2H3,(H,28,44)(H,29,45)(H,34,35)(H,36,37)(H,40,41)(H,42,43)(H2,30,31,32,38,39)/t11?,12?,13-,14+,15+/m0/s1. The maximum absolute atomic E-state index is 12.7. The number of rotatable bonds is 16. The summed E-state index contributed by atoms with van der Waals surface area (Å²) >= 11 is 0. The highest BCUT2D eigenvalue weighted by atomic mass is 16.6. The first-order valence-corrected chi connectivity index (χ1v) is 14.3. The smallest absolute Gasteiger partial charge is 0.408 e. The van der Waals surface area contributed by atoms with Crippen LogP contribution in [-0.4, -0.2) is 113 Å². The molecule has 3 rings (SSSR count). The monoisotopic (exact) mass is 683 g/mol. The lowest BCUT2D eigenvalue weighted by molar-refractivity contribution is -0.142. The number of hydrogen-bond donors (Lipinski definition) is 8. The third kappa shape index (κ3) is 10.1. The molecule has 0 radical (unpaired) electrons. The van der Waals surface area contributed by atoms with E-state index in [1.54, 1.807) is 13.8 Å². The molecule has 262 valence electrons. The topological polar surface area (TPSA) is 328 Å². The molecule has 2 aromatic heterocycles. The molecule has 1 fully saturated rings. The molecule has 0 saturated carbocycles. The molecule has 1 aliphatic rings. The maximum atomic E-state index is 12.7. The van der Waals surface area contributed by atoms with Crippen molar-refractivity contribution >= 4 is 59.1 Å². The predicted molar refractivity (Wildman–Crippen MR) is 155 cm³/mol. The third-order valence-corrected chi connectivity index (χ3v) is 6.80. The summed E-state index contributed by atoms with van der Waals surface area (Å²) in [4.78, 5) is 105. The van der Waals surface area contributed by atoms with Gasteiger partial charge in [0.25, 0.3) is 5.56 Å². The van der Waals surface area contributed by atoms with Crippen molar-refractivity contribution in [2.24, 2.45) is 5.92 Å². The molecule has 2 unspecified atom stereocenters. The van der Waals surface area contributed by atoms with Crippen molar-refractivity contribution in [3.8, 4) is 0 Å². The number of nitrogens with zero attached hydrogens (tertiary/aromatic N) is 3. The Morgan fingerprint density at radius 1 is 0.979 bits per heavy atom. The Labute approximate surface area is 268 Å². The van der Waals surface area contributed by atoms with Crippen LogP contribution in [-0.2, 0) is 38.2 Å². The van der Waals surface area contributed by atoms with E-state index in [9.17, 15) is 48.6 Å². The Morgan fingerprint density at radius 2 is 1.56 bits per heavy atom. The molecule has 5 atom stereocenters. The number of ether oxygens (including phenoxy) is 3. The molecular weight excluding hydrogens is 650 g/mol. The number of nitrogens with one attached hydrogen (secondary N) is 4. The number of aromatic nitrogens is 4.